The first-order valence-corrected chi connectivity index (χ1v) is 7.22. The number of aliphatic hydroxyl groups is 1. The Morgan fingerprint density at radius 3 is 2.40 bits per heavy atom. The Morgan fingerprint density at radius 2 is 1.95 bits per heavy atom. The summed E-state index contributed by atoms with van der Waals surface area (Å²) >= 11 is 0. The lowest BCUT2D eigenvalue weighted by Crippen LogP contribution is -2.57. The molecule has 1 fully saturated rings. The van der Waals surface area contributed by atoms with Crippen LogP contribution in [0.5, 0.6) is 0 Å². The number of likely N-dealkylation sites (N-methyl/N-ethyl adjacent to an activating group) is 2. The van der Waals surface area contributed by atoms with Crippen molar-refractivity contribution >= 4 is 5.69 Å². The van der Waals surface area contributed by atoms with Crippen LogP contribution in [0.4, 0.5) is 10.1 Å². The Balaban J connectivity index is 2.27. The number of anilines is 1. The van der Waals surface area contributed by atoms with Crippen molar-refractivity contribution in [2.75, 3.05) is 32.6 Å². The van der Waals surface area contributed by atoms with E-state index in [4.69, 9.17) is 0 Å². The lowest BCUT2D eigenvalue weighted by Gasteiger charge is -2.49. The Kier molecular flexibility index (Phi) is 4.35. The average Bonchev–Trinajstić information content (AvgIpc) is 2.32. The predicted molar refractivity (Wildman–Crippen MR) is 80.6 cm³/mol. The zero-order valence-corrected chi connectivity index (χ0v) is 12.9. The molecule has 0 amide bonds. The molecule has 0 radical (unpaired) electrons. The number of rotatable bonds is 5. The van der Waals surface area contributed by atoms with E-state index >= 15 is 0 Å². The minimum Gasteiger partial charge on any atom is -0.389 e. The summed E-state index contributed by atoms with van der Waals surface area (Å²) in [5.74, 6) is -0.265. The van der Waals surface area contributed by atoms with Gasteiger partial charge in [0.1, 0.15) is 5.82 Å². The molecular weight excluding hydrogens is 255 g/mol. The maximum atomic E-state index is 14.2. The summed E-state index contributed by atoms with van der Waals surface area (Å²) in [5, 5.41) is 9.85. The van der Waals surface area contributed by atoms with Crippen LogP contribution in [0.25, 0.3) is 0 Å². The standard InChI is InChI=1S/C16H25FN2O/c1-12(20)13-7-5-8-14(17)15(13)19(4)11-16(18(2)3)9-6-10-16/h5,7-8,12,20H,6,9-11H2,1-4H3. The molecule has 4 heteroatoms. The Bertz CT molecular complexity index is 470. The topological polar surface area (TPSA) is 26.7 Å². The summed E-state index contributed by atoms with van der Waals surface area (Å²) in [4.78, 5) is 4.20. The highest BCUT2D eigenvalue weighted by Gasteiger charge is 2.40. The number of hydrogen-bond donors (Lipinski definition) is 1. The van der Waals surface area contributed by atoms with Crippen molar-refractivity contribution in [2.45, 2.75) is 37.8 Å². The van der Waals surface area contributed by atoms with Gasteiger partial charge in [-0.3, -0.25) is 0 Å². The molecule has 1 aromatic rings. The summed E-state index contributed by atoms with van der Waals surface area (Å²) in [5.41, 5.74) is 1.31. The van der Waals surface area contributed by atoms with Crippen molar-refractivity contribution in [3.63, 3.8) is 0 Å². The number of hydrogen-bond acceptors (Lipinski definition) is 3. The van der Waals surface area contributed by atoms with E-state index < -0.39 is 6.10 Å². The van der Waals surface area contributed by atoms with Crippen LogP contribution in [0.3, 0.4) is 0 Å². The minimum absolute atomic E-state index is 0.132. The van der Waals surface area contributed by atoms with Crippen LogP contribution in [0.15, 0.2) is 18.2 Å². The summed E-state index contributed by atoms with van der Waals surface area (Å²) < 4.78 is 14.2. The number of benzene rings is 1. The van der Waals surface area contributed by atoms with Gasteiger partial charge in [0.05, 0.1) is 11.8 Å². The molecule has 3 nitrogen and oxygen atoms in total. The zero-order valence-electron chi connectivity index (χ0n) is 12.9. The molecule has 112 valence electrons. The van der Waals surface area contributed by atoms with Crippen LogP contribution < -0.4 is 4.90 Å². The van der Waals surface area contributed by atoms with Crippen LogP contribution in [0.1, 0.15) is 37.9 Å². The molecule has 1 aliphatic rings. The van der Waals surface area contributed by atoms with Crippen LogP contribution >= 0.6 is 0 Å². The smallest absolute Gasteiger partial charge is 0.146 e. The van der Waals surface area contributed by atoms with Gasteiger partial charge < -0.3 is 14.9 Å². The average molecular weight is 280 g/mol. The normalized spacial score (nSPS) is 18.8. The fourth-order valence-corrected chi connectivity index (χ4v) is 3.12. The molecular formula is C16H25FN2O. The highest BCUT2D eigenvalue weighted by molar-refractivity contribution is 5.55. The van der Waals surface area contributed by atoms with Gasteiger partial charge in [-0.2, -0.15) is 0 Å². The van der Waals surface area contributed by atoms with Crippen molar-refractivity contribution in [1.29, 1.82) is 0 Å². The molecule has 2 rings (SSSR count). The SMILES string of the molecule is CC(O)c1cccc(F)c1N(C)CC1(N(C)C)CCC1. The molecule has 20 heavy (non-hydrogen) atoms. The molecule has 1 saturated carbocycles. The van der Waals surface area contributed by atoms with E-state index in [9.17, 15) is 9.50 Å². The third-order valence-electron chi connectivity index (χ3n) is 4.61. The molecule has 1 atom stereocenters. The number of aliphatic hydroxyl groups excluding tert-OH is 1. The summed E-state index contributed by atoms with van der Waals surface area (Å²) in [6.45, 7) is 2.46. The second-order valence-corrected chi connectivity index (χ2v) is 6.18. The number of nitrogens with zero attached hydrogens (tertiary/aromatic N) is 2. The van der Waals surface area contributed by atoms with E-state index in [-0.39, 0.29) is 11.4 Å². The van der Waals surface area contributed by atoms with Crippen LogP contribution in [0, 0.1) is 5.82 Å². The Morgan fingerprint density at radius 1 is 1.30 bits per heavy atom. The molecule has 0 spiro atoms. The maximum Gasteiger partial charge on any atom is 0.146 e. The Labute approximate surface area is 121 Å². The summed E-state index contributed by atoms with van der Waals surface area (Å²) in [6.07, 6.45) is 2.85. The second kappa shape index (κ2) is 5.70. The monoisotopic (exact) mass is 280 g/mol. The van der Waals surface area contributed by atoms with Crippen molar-refractivity contribution in [1.82, 2.24) is 4.90 Å². The van der Waals surface area contributed by atoms with Gasteiger partial charge in [0.2, 0.25) is 0 Å². The van der Waals surface area contributed by atoms with E-state index in [0.29, 0.717) is 11.3 Å². The molecule has 0 bridgehead atoms. The van der Waals surface area contributed by atoms with E-state index in [2.05, 4.69) is 19.0 Å². The maximum absolute atomic E-state index is 14.2. The van der Waals surface area contributed by atoms with Gasteiger partial charge in [-0.25, -0.2) is 4.39 Å². The fourth-order valence-electron chi connectivity index (χ4n) is 3.12. The molecule has 1 aromatic carbocycles. The molecule has 0 heterocycles. The Hall–Kier alpha value is -1.13. The zero-order chi connectivity index (χ0) is 14.9. The summed E-state index contributed by atoms with van der Waals surface area (Å²) in [7, 11) is 6.09. The van der Waals surface area contributed by atoms with Crippen molar-refractivity contribution in [2.24, 2.45) is 0 Å². The molecule has 1 N–H and O–H groups in total. The third kappa shape index (κ3) is 2.67. The molecule has 0 aliphatic heterocycles. The van der Waals surface area contributed by atoms with Crippen molar-refractivity contribution in [3.8, 4) is 0 Å². The van der Waals surface area contributed by atoms with E-state index in [1.807, 2.05) is 11.9 Å². The first kappa shape index (κ1) is 15.3. The predicted octanol–water partition coefficient (Wildman–Crippen LogP) is 2.80. The second-order valence-electron chi connectivity index (χ2n) is 6.18. The number of para-hydroxylation sites is 1. The van der Waals surface area contributed by atoms with Gasteiger partial charge in [0.15, 0.2) is 0 Å². The van der Waals surface area contributed by atoms with Crippen LogP contribution in [-0.2, 0) is 0 Å². The van der Waals surface area contributed by atoms with E-state index in [0.717, 1.165) is 19.4 Å². The first-order chi connectivity index (χ1) is 9.37. The lowest BCUT2D eigenvalue weighted by atomic mass is 9.75. The summed E-state index contributed by atoms with van der Waals surface area (Å²) in [6, 6.07) is 4.91. The van der Waals surface area contributed by atoms with Gasteiger partial charge >= 0.3 is 0 Å². The lowest BCUT2D eigenvalue weighted by molar-refractivity contribution is 0.0680. The minimum atomic E-state index is -0.667. The first-order valence-electron chi connectivity index (χ1n) is 7.22. The third-order valence-corrected chi connectivity index (χ3v) is 4.61. The van der Waals surface area contributed by atoms with E-state index in [1.54, 1.807) is 19.1 Å². The van der Waals surface area contributed by atoms with Crippen LogP contribution in [-0.4, -0.2) is 43.2 Å². The van der Waals surface area contributed by atoms with Gasteiger partial charge in [0.25, 0.3) is 0 Å². The van der Waals surface area contributed by atoms with Gasteiger partial charge in [-0.05, 0) is 46.3 Å². The fraction of sp³-hybridized carbons (Fsp3) is 0.625. The molecule has 1 aliphatic carbocycles. The molecule has 0 saturated heterocycles. The molecule has 1 unspecified atom stereocenters. The van der Waals surface area contributed by atoms with Gasteiger partial charge in [-0.1, -0.05) is 12.1 Å². The quantitative estimate of drug-likeness (QED) is 0.898. The number of halogens is 1. The van der Waals surface area contributed by atoms with Crippen molar-refractivity contribution in [3.05, 3.63) is 29.6 Å². The highest BCUT2D eigenvalue weighted by Crippen LogP contribution is 2.38. The van der Waals surface area contributed by atoms with Crippen molar-refractivity contribution < 1.29 is 9.50 Å². The van der Waals surface area contributed by atoms with Gasteiger partial charge in [0, 0.05) is 24.7 Å². The van der Waals surface area contributed by atoms with E-state index in [1.165, 1.54) is 12.5 Å². The van der Waals surface area contributed by atoms with Gasteiger partial charge in [-0.15, -0.1) is 0 Å². The van der Waals surface area contributed by atoms with Crippen LogP contribution in [0.2, 0.25) is 0 Å². The largest absolute Gasteiger partial charge is 0.389 e. The molecule has 0 aromatic heterocycles. The highest BCUT2D eigenvalue weighted by atomic mass is 19.1.